The van der Waals surface area contributed by atoms with Crippen LogP contribution in [0.15, 0.2) is 66.7 Å². The Kier molecular flexibility index (Phi) is 5.99. The van der Waals surface area contributed by atoms with Crippen LogP contribution in [0.25, 0.3) is 0 Å². The first-order valence-corrected chi connectivity index (χ1v) is 11.7. The topological polar surface area (TPSA) is 66.9 Å². The minimum Gasteiger partial charge on any atom is -0.489 e. The van der Waals surface area contributed by atoms with Gasteiger partial charge in [0.25, 0.3) is 0 Å². The summed E-state index contributed by atoms with van der Waals surface area (Å²) in [6.07, 6.45) is 6.30. The largest absolute Gasteiger partial charge is 0.489 e. The Morgan fingerprint density at radius 3 is 2.24 bits per heavy atom. The first-order valence-electron chi connectivity index (χ1n) is 11.7. The van der Waals surface area contributed by atoms with Crippen molar-refractivity contribution in [2.75, 3.05) is 13.1 Å². The SMILES string of the molecule is O=C(CCc1cccc(OCc2ccccc2)c1)N1CC(N2C(=O)C3CC=CCC3C2=O)C1. The number of allylic oxidation sites excluding steroid dienone is 2. The van der Waals surface area contributed by atoms with E-state index < -0.39 is 0 Å². The lowest BCUT2D eigenvalue weighted by Gasteiger charge is -2.43. The Bertz CT molecular complexity index is 1050. The molecule has 0 radical (unpaired) electrons. The van der Waals surface area contributed by atoms with Gasteiger partial charge in [-0.1, -0.05) is 54.6 Å². The summed E-state index contributed by atoms with van der Waals surface area (Å²) in [5, 5.41) is 0. The van der Waals surface area contributed by atoms with Crippen LogP contribution < -0.4 is 4.74 Å². The molecular weight excluding hydrogens is 416 g/mol. The molecule has 2 unspecified atom stereocenters. The van der Waals surface area contributed by atoms with Gasteiger partial charge in [0.1, 0.15) is 12.4 Å². The van der Waals surface area contributed by atoms with Gasteiger partial charge in [0, 0.05) is 19.5 Å². The molecule has 0 saturated carbocycles. The van der Waals surface area contributed by atoms with E-state index in [0.717, 1.165) is 16.9 Å². The third-order valence-electron chi connectivity index (χ3n) is 6.90. The zero-order chi connectivity index (χ0) is 22.8. The number of imide groups is 1. The number of benzene rings is 2. The molecule has 2 fully saturated rings. The molecule has 2 aromatic carbocycles. The number of likely N-dealkylation sites (tertiary alicyclic amines) is 2. The van der Waals surface area contributed by atoms with Gasteiger partial charge >= 0.3 is 0 Å². The van der Waals surface area contributed by atoms with Gasteiger partial charge in [-0.05, 0) is 42.5 Å². The van der Waals surface area contributed by atoms with E-state index in [1.807, 2.05) is 66.7 Å². The number of amides is 3. The number of hydrogen-bond donors (Lipinski definition) is 0. The van der Waals surface area contributed by atoms with Crippen molar-refractivity contribution in [2.45, 2.75) is 38.3 Å². The predicted molar refractivity (Wildman–Crippen MR) is 123 cm³/mol. The summed E-state index contributed by atoms with van der Waals surface area (Å²) >= 11 is 0. The van der Waals surface area contributed by atoms with Gasteiger partial charge in [0.05, 0.1) is 17.9 Å². The molecule has 2 heterocycles. The van der Waals surface area contributed by atoms with Gasteiger partial charge < -0.3 is 9.64 Å². The van der Waals surface area contributed by atoms with E-state index in [4.69, 9.17) is 4.74 Å². The number of carbonyl (C=O) groups is 3. The van der Waals surface area contributed by atoms with Gasteiger partial charge in [-0.15, -0.1) is 0 Å². The van der Waals surface area contributed by atoms with Crippen molar-refractivity contribution >= 4 is 17.7 Å². The third-order valence-corrected chi connectivity index (χ3v) is 6.90. The van der Waals surface area contributed by atoms with E-state index in [9.17, 15) is 14.4 Å². The Morgan fingerprint density at radius 1 is 0.879 bits per heavy atom. The van der Waals surface area contributed by atoms with E-state index in [2.05, 4.69) is 0 Å². The van der Waals surface area contributed by atoms with E-state index in [-0.39, 0.29) is 35.6 Å². The van der Waals surface area contributed by atoms with Crippen LogP contribution in [0.1, 0.15) is 30.4 Å². The van der Waals surface area contributed by atoms with Gasteiger partial charge in [-0.25, -0.2) is 0 Å². The lowest BCUT2D eigenvalue weighted by molar-refractivity contribution is -0.152. The summed E-state index contributed by atoms with van der Waals surface area (Å²) in [6, 6.07) is 17.7. The van der Waals surface area contributed by atoms with Crippen molar-refractivity contribution < 1.29 is 19.1 Å². The van der Waals surface area contributed by atoms with E-state index in [1.54, 1.807) is 4.90 Å². The molecule has 3 amide bonds. The average molecular weight is 445 g/mol. The van der Waals surface area contributed by atoms with Crippen molar-refractivity contribution in [3.63, 3.8) is 0 Å². The molecule has 170 valence electrons. The highest BCUT2D eigenvalue weighted by Crippen LogP contribution is 2.37. The van der Waals surface area contributed by atoms with Crippen LogP contribution in [0.5, 0.6) is 5.75 Å². The Balaban J connectivity index is 1.10. The van der Waals surface area contributed by atoms with E-state index in [1.165, 1.54) is 4.90 Å². The van der Waals surface area contributed by atoms with Crippen LogP contribution in [0.2, 0.25) is 0 Å². The summed E-state index contributed by atoms with van der Waals surface area (Å²) in [5.74, 6) is 0.319. The molecule has 0 N–H and O–H groups in total. The fourth-order valence-corrected chi connectivity index (χ4v) is 4.95. The zero-order valence-electron chi connectivity index (χ0n) is 18.6. The summed E-state index contributed by atoms with van der Waals surface area (Å²) in [5.41, 5.74) is 2.16. The average Bonchev–Trinajstić information content (AvgIpc) is 3.07. The number of ether oxygens (including phenoxy) is 1. The Hall–Kier alpha value is -3.41. The molecule has 0 spiro atoms. The first kappa shape index (κ1) is 21.4. The number of rotatable bonds is 7. The van der Waals surface area contributed by atoms with Crippen molar-refractivity contribution in [3.05, 3.63) is 77.9 Å². The minimum absolute atomic E-state index is 0.0556. The van der Waals surface area contributed by atoms with Crippen molar-refractivity contribution in [1.82, 2.24) is 9.80 Å². The molecule has 2 saturated heterocycles. The monoisotopic (exact) mass is 444 g/mol. The maximum Gasteiger partial charge on any atom is 0.233 e. The minimum atomic E-state index is -0.205. The van der Waals surface area contributed by atoms with Crippen LogP contribution in [0, 0.1) is 11.8 Å². The molecule has 5 rings (SSSR count). The Morgan fingerprint density at radius 2 is 1.55 bits per heavy atom. The smallest absolute Gasteiger partial charge is 0.233 e. The highest BCUT2D eigenvalue weighted by atomic mass is 16.5. The number of carbonyl (C=O) groups excluding carboxylic acids is 3. The third kappa shape index (κ3) is 4.42. The lowest BCUT2D eigenvalue weighted by atomic mass is 9.85. The highest BCUT2D eigenvalue weighted by Gasteiger charge is 2.52. The van der Waals surface area contributed by atoms with Crippen molar-refractivity contribution in [2.24, 2.45) is 11.8 Å². The van der Waals surface area contributed by atoms with Crippen molar-refractivity contribution in [3.8, 4) is 5.75 Å². The molecule has 0 bridgehead atoms. The van der Waals surface area contributed by atoms with Gasteiger partial charge in [0.15, 0.2) is 0 Å². The molecule has 3 aliphatic rings. The molecular formula is C27H28N2O4. The molecule has 1 aliphatic carbocycles. The van der Waals surface area contributed by atoms with Crippen LogP contribution >= 0.6 is 0 Å². The molecule has 0 aromatic heterocycles. The fourth-order valence-electron chi connectivity index (χ4n) is 4.95. The summed E-state index contributed by atoms with van der Waals surface area (Å²) in [7, 11) is 0. The van der Waals surface area contributed by atoms with Crippen LogP contribution in [0.4, 0.5) is 0 Å². The van der Waals surface area contributed by atoms with E-state index in [0.29, 0.717) is 45.4 Å². The lowest BCUT2D eigenvalue weighted by Crippen LogP contribution is -2.62. The van der Waals surface area contributed by atoms with Crippen LogP contribution in [-0.2, 0) is 27.4 Å². The predicted octanol–water partition coefficient (Wildman–Crippen LogP) is 3.36. The van der Waals surface area contributed by atoms with E-state index >= 15 is 0 Å². The fraction of sp³-hybridized carbons (Fsp3) is 0.370. The number of hydrogen-bond acceptors (Lipinski definition) is 4. The zero-order valence-corrected chi connectivity index (χ0v) is 18.6. The molecule has 6 heteroatoms. The first-order chi connectivity index (χ1) is 16.1. The summed E-state index contributed by atoms with van der Waals surface area (Å²) in [6.45, 7) is 1.40. The molecule has 6 nitrogen and oxygen atoms in total. The van der Waals surface area contributed by atoms with Gasteiger partial charge in [-0.2, -0.15) is 0 Å². The summed E-state index contributed by atoms with van der Waals surface area (Å²) < 4.78 is 5.88. The second-order valence-corrected chi connectivity index (χ2v) is 9.08. The molecule has 2 aliphatic heterocycles. The van der Waals surface area contributed by atoms with Gasteiger partial charge in [-0.3, -0.25) is 19.3 Å². The van der Waals surface area contributed by atoms with Crippen LogP contribution in [0.3, 0.4) is 0 Å². The van der Waals surface area contributed by atoms with Gasteiger partial charge in [0.2, 0.25) is 17.7 Å². The van der Waals surface area contributed by atoms with Crippen molar-refractivity contribution in [1.29, 1.82) is 0 Å². The highest BCUT2D eigenvalue weighted by molar-refractivity contribution is 6.06. The second kappa shape index (κ2) is 9.22. The quantitative estimate of drug-likeness (QED) is 0.485. The second-order valence-electron chi connectivity index (χ2n) is 9.08. The summed E-state index contributed by atoms with van der Waals surface area (Å²) in [4.78, 5) is 41.3. The molecule has 33 heavy (non-hydrogen) atoms. The number of fused-ring (bicyclic) bond motifs is 1. The maximum atomic E-state index is 12.7. The molecule has 2 atom stereocenters. The Labute approximate surface area is 193 Å². The number of nitrogens with zero attached hydrogens (tertiary/aromatic N) is 2. The maximum absolute atomic E-state index is 12.7. The molecule has 2 aromatic rings. The standard InChI is InChI=1S/C27H28N2O4/c30-25(14-13-19-9-6-10-22(15-19)33-18-20-7-2-1-3-8-20)28-16-21(17-28)29-26(31)23-11-4-5-12-24(23)27(29)32/h1-10,15,21,23-24H,11-14,16-18H2. The normalized spacial score (nSPS) is 22.3. The number of aryl methyl sites for hydroxylation is 1. The van der Waals surface area contributed by atoms with Crippen LogP contribution in [-0.4, -0.2) is 46.7 Å².